The van der Waals surface area contributed by atoms with Crippen molar-refractivity contribution < 1.29 is 19.1 Å². The largest absolute Gasteiger partial charge is 0.445 e. The number of alkyl carbamates (subject to hydrolysis) is 1. The van der Waals surface area contributed by atoms with Gasteiger partial charge in [0, 0.05) is 6.04 Å². The molecule has 1 aromatic carbocycles. The fraction of sp³-hybridized carbons (Fsp3) is 0.438. The van der Waals surface area contributed by atoms with Crippen molar-refractivity contribution in [2.75, 3.05) is 13.1 Å². The SMILES string of the molecule is CC[C@H](C)NC(=O)CNC(=O)CNC(=O)OCc1ccccc1. The number of carbonyl (C=O) groups excluding carboxylic acids is 3. The van der Waals surface area contributed by atoms with Crippen LogP contribution >= 0.6 is 0 Å². The van der Waals surface area contributed by atoms with Crippen molar-refractivity contribution in [2.45, 2.75) is 32.9 Å². The van der Waals surface area contributed by atoms with Gasteiger partial charge in [-0.3, -0.25) is 9.59 Å². The highest BCUT2D eigenvalue weighted by molar-refractivity contribution is 5.87. The van der Waals surface area contributed by atoms with Gasteiger partial charge in [-0.1, -0.05) is 37.3 Å². The summed E-state index contributed by atoms with van der Waals surface area (Å²) in [6, 6.07) is 9.27. The molecule has 0 aliphatic heterocycles. The molecule has 0 saturated carbocycles. The van der Waals surface area contributed by atoms with Gasteiger partial charge in [0.25, 0.3) is 0 Å². The molecule has 0 aliphatic carbocycles. The summed E-state index contributed by atoms with van der Waals surface area (Å²) in [5.74, 6) is -0.722. The van der Waals surface area contributed by atoms with E-state index in [0.29, 0.717) is 0 Å². The molecule has 0 unspecified atom stereocenters. The van der Waals surface area contributed by atoms with Gasteiger partial charge in [0.1, 0.15) is 13.2 Å². The van der Waals surface area contributed by atoms with Crippen molar-refractivity contribution in [3.05, 3.63) is 35.9 Å². The third-order valence-electron chi connectivity index (χ3n) is 3.07. The Hall–Kier alpha value is -2.57. The van der Waals surface area contributed by atoms with Crippen LogP contribution in [0, 0.1) is 0 Å². The van der Waals surface area contributed by atoms with Crippen LogP contribution in [-0.4, -0.2) is 37.0 Å². The number of carbonyl (C=O) groups is 3. The Morgan fingerprint density at radius 1 is 1.04 bits per heavy atom. The second-order valence-corrected chi connectivity index (χ2v) is 5.07. The van der Waals surface area contributed by atoms with E-state index in [4.69, 9.17) is 4.74 Å². The Morgan fingerprint density at radius 3 is 2.35 bits per heavy atom. The number of ether oxygens (including phenoxy) is 1. The van der Waals surface area contributed by atoms with Gasteiger partial charge in [-0.15, -0.1) is 0 Å². The molecular formula is C16H23N3O4. The summed E-state index contributed by atoms with van der Waals surface area (Å²) in [7, 11) is 0. The van der Waals surface area contributed by atoms with E-state index in [0.717, 1.165) is 12.0 Å². The Labute approximate surface area is 135 Å². The first-order chi connectivity index (χ1) is 11.0. The number of benzene rings is 1. The first-order valence-corrected chi connectivity index (χ1v) is 7.52. The summed E-state index contributed by atoms with van der Waals surface area (Å²) in [6.45, 7) is 3.60. The number of nitrogens with one attached hydrogen (secondary N) is 3. The zero-order valence-corrected chi connectivity index (χ0v) is 13.4. The van der Waals surface area contributed by atoms with E-state index >= 15 is 0 Å². The second kappa shape index (κ2) is 10.2. The average molecular weight is 321 g/mol. The summed E-state index contributed by atoms with van der Waals surface area (Å²) < 4.78 is 4.96. The third-order valence-corrected chi connectivity index (χ3v) is 3.07. The number of amides is 3. The van der Waals surface area contributed by atoms with Crippen LogP contribution in [0.1, 0.15) is 25.8 Å². The fourth-order valence-corrected chi connectivity index (χ4v) is 1.60. The smallest absolute Gasteiger partial charge is 0.407 e. The van der Waals surface area contributed by atoms with Gasteiger partial charge >= 0.3 is 6.09 Å². The predicted molar refractivity (Wildman–Crippen MR) is 85.5 cm³/mol. The minimum atomic E-state index is -0.687. The molecule has 0 aromatic heterocycles. The third kappa shape index (κ3) is 8.45. The lowest BCUT2D eigenvalue weighted by molar-refractivity contribution is -0.125. The average Bonchev–Trinajstić information content (AvgIpc) is 2.57. The van der Waals surface area contributed by atoms with Crippen molar-refractivity contribution in [1.29, 1.82) is 0 Å². The normalized spacial score (nSPS) is 11.2. The molecule has 7 nitrogen and oxygen atoms in total. The van der Waals surface area contributed by atoms with Crippen LogP contribution in [0.15, 0.2) is 30.3 Å². The van der Waals surface area contributed by atoms with Crippen LogP contribution in [-0.2, 0) is 20.9 Å². The summed E-state index contributed by atoms with van der Waals surface area (Å²) in [5.41, 5.74) is 0.855. The Balaban J connectivity index is 2.15. The van der Waals surface area contributed by atoms with Gasteiger partial charge in [0.15, 0.2) is 0 Å². The standard InChI is InChI=1S/C16H23N3O4/c1-3-12(2)19-15(21)10-17-14(20)9-18-16(22)23-11-13-7-5-4-6-8-13/h4-8,12H,3,9-11H2,1-2H3,(H,17,20)(H,18,22)(H,19,21)/t12-/m0/s1. The molecule has 0 aliphatic rings. The highest BCUT2D eigenvalue weighted by atomic mass is 16.5. The molecule has 0 radical (unpaired) electrons. The minimum absolute atomic E-state index is 0.0606. The van der Waals surface area contributed by atoms with Crippen LogP contribution in [0.5, 0.6) is 0 Å². The molecule has 0 fully saturated rings. The van der Waals surface area contributed by atoms with Crippen molar-refractivity contribution in [2.24, 2.45) is 0 Å². The molecule has 1 atom stereocenters. The van der Waals surface area contributed by atoms with Crippen LogP contribution in [0.2, 0.25) is 0 Å². The van der Waals surface area contributed by atoms with Crippen LogP contribution < -0.4 is 16.0 Å². The van der Waals surface area contributed by atoms with E-state index in [9.17, 15) is 14.4 Å². The van der Waals surface area contributed by atoms with Gasteiger partial charge in [-0.25, -0.2) is 4.79 Å². The molecular weight excluding hydrogens is 298 g/mol. The maximum atomic E-state index is 11.5. The zero-order chi connectivity index (χ0) is 17.1. The minimum Gasteiger partial charge on any atom is -0.445 e. The number of hydrogen-bond donors (Lipinski definition) is 3. The zero-order valence-electron chi connectivity index (χ0n) is 13.4. The predicted octanol–water partition coefficient (Wildman–Crippen LogP) is 0.944. The summed E-state index contributed by atoms with van der Waals surface area (Å²) >= 11 is 0. The van der Waals surface area contributed by atoms with Crippen molar-refractivity contribution >= 4 is 17.9 Å². The van der Waals surface area contributed by atoms with Crippen molar-refractivity contribution in [3.63, 3.8) is 0 Å². The van der Waals surface area contributed by atoms with E-state index in [1.54, 1.807) is 0 Å². The molecule has 0 bridgehead atoms. The fourth-order valence-electron chi connectivity index (χ4n) is 1.60. The quantitative estimate of drug-likeness (QED) is 0.664. The van der Waals surface area contributed by atoms with Gasteiger partial charge in [0.05, 0.1) is 6.54 Å². The Morgan fingerprint density at radius 2 is 1.70 bits per heavy atom. The maximum absolute atomic E-state index is 11.5. The molecule has 1 rings (SSSR count). The molecule has 7 heteroatoms. The molecule has 0 saturated heterocycles. The number of hydrogen-bond acceptors (Lipinski definition) is 4. The van der Waals surface area contributed by atoms with Gasteiger partial charge < -0.3 is 20.7 Å². The molecule has 23 heavy (non-hydrogen) atoms. The summed E-state index contributed by atoms with van der Waals surface area (Å²) in [5, 5.41) is 7.47. The lowest BCUT2D eigenvalue weighted by Crippen LogP contribution is -2.43. The lowest BCUT2D eigenvalue weighted by Gasteiger charge is -2.12. The lowest BCUT2D eigenvalue weighted by atomic mass is 10.2. The summed E-state index contributed by atoms with van der Waals surface area (Å²) in [4.78, 5) is 34.4. The maximum Gasteiger partial charge on any atom is 0.407 e. The first kappa shape index (κ1) is 18.5. The van der Waals surface area contributed by atoms with E-state index in [1.165, 1.54) is 0 Å². The van der Waals surface area contributed by atoms with Crippen LogP contribution in [0.4, 0.5) is 4.79 Å². The van der Waals surface area contributed by atoms with Crippen molar-refractivity contribution in [3.8, 4) is 0 Å². The highest BCUT2D eigenvalue weighted by Gasteiger charge is 2.09. The van der Waals surface area contributed by atoms with E-state index < -0.39 is 12.0 Å². The van der Waals surface area contributed by atoms with E-state index in [1.807, 2.05) is 44.2 Å². The Kier molecular flexibility index (Phi) is 8.20. The van der Waals surface area contributed by atoms with E-state index in [2.05, 4.69) is 16.0 Å². The van der Waals surface area contributed by atoms with Gasteiger partial charge in [-0.05, 0) is 18.9 Å². The van der Waals surface area contributed by atoms with E-state index in [-0.39, 0.29) is 31.6 Å². The van der Waals surface area contributed by atoms with Gasteiger partial charge in [-0.2, -0.15) is 0 Å². The molecule has 1 aromatic rings. The molecule has 126 valence electrons. The molecule has 3 amide bonds. The van der Waals surface area contributed by atoms with Crippen LogP contribution in [0.25, 0.3) is 0 Å². The number of rotatable bonds is 8. The first-order valence-electron chi connectivity index (χ1n) is 7.52. The molecule has 3 N–H and O–H groups in total. The monoisotopic (exact) mass is 321 g/mol. The highest BCUT2D eigenvalue weighted by Crippen LogP contribution is 2.00. The Bertz CT molecular complexity index is 519. The van der Waals surface area contributed by atoms with Crippen LogP contribution in [0.3, 0.4) is 0 Å². The van der Waals surface area contributed by atoms with Gasteiger partial charge in [0.2, 0.25) is 11.8 Å². The molecule has 0 spiro atoms. The molecule has 0 heterocycles. The van der Waals surface area contributed by atoms with Crippen molar-refractivity contribution in [1.82, 2.24) is 16.0 Å². The topological polar surface area (TPSA) is 96.5 Å². The second-order valence-electron chi connectivity index (χ2n) is 5.07. The summed E-state index contributed by atoms with van der Waals surface area (Å²) in [6.07, 6.45) is 0.127.